The summed E-state index contributed by atoms with van der Waals surface area (Å²) in [6.45, 7) is 7.09. The van der Waals surface area contributed by atoms with Gasteiger partial charge in [-0.25, -0.2) is 0 Å². The van der Waals surface area contributed by atoms with Crippen LogP contribution in [0.3, 0.4) is 0 Å². The molecule has 1 saturated heterocycles. The van der Waals surface area contributed by atoms with Gasteiger partial charge in [-0.2, -0.15) is 0 Å². The fraction of sp³-hybridized carbons (Fsp3) is 0.667. The summed E-state index contributed by atoms with van der Waals surface area (Å²) in [6.07, 6.45) is 2.54. The predicted octanol–water partition coefficient (Wildman–Crippen LogP) is 1.97. The lowest BCUT2D eigenvalue weighted by molar-refractivity contribution is 0.172. The Morgan fingerprint density at radius 1 is 1.60 bits per heavy atom. The van der Waals surface area contributed by atoms with Crippen LogP contribution in [-0.2, 0) is 6.42 Å². The van der Waals surface area contributed by atoms with Gasteiger partial charge in [-0.3, -0.25) is 4.90 Å². The minimum absolute atomic E-state index is 0.710. The maximum absolute atomic E-state index is 3.43. The molecule has 0 amide bonds. The summed E-state index contributed by atoms with van der Waals surface area (Å²) in [4.78, 5) is 4.13. The van der Waals surface area contributed by atoms with Gasteiger partial charge in [0.15, 0.2) is 0 Å². The highest BCUT2D eigenvalue weighted by atomic mass is 32.1. The van der Waals surface area contributed by atoms with Crippen molar-refractivity contribution < 1.29 is 0 Å². The van der Waals surface area contributed by atoms with Crippen LogP contribution in [0, 0.1) is 0 Å². The van der Waals surface area contributed by atoms with Crippen LogP contribution in [0.15, 0.2) is 17.5 Å². The SMILES string of the molecule is CC1CNCCN1CCCc1cccs1. The van der Waals surface area contributed by atoms with Crippen LogP contribution in [0.5, 0.6) is 0 Å². The molecule has 1 aromatic heterocycles. The molecule has 15 heavy (non-hydrogen) atoms. The van der Waals surface area contributed by atoms with Crippen molar-refractivity contribution in [2.45, 2.75) is 25.8 Å². The summed E-state index contributed by atoms with van der Waals surface area (Å²) < 4.78 is 0. The summed E-state index contributed by atoms with van der Waals surface area (Å²) in [5.41, 5.74) is 0. The van der Waals surface area contributed by atoms with Crippen molar-refractivity contribution in [2.75, 3.05) is 26.2 Å². The third kappa shape index (κ3) is 3.30. The van der Waals surface area contributed by atoms with E-state index in [1.807, 2.05) is 11.3 Å². The number of nitrogens with zero attached hydrogens (tertiary/aromatic N) is 1. The normalized spacial score (nSPS) is 23.1. The molecule has 3 heteroatoms. The van der Waals surface area contributed by atoms with Crippen molar-refractivity contribution in [1.82, 2.24) is 10.2 Å². The number of hydrogen-bond donors (Lipinski definition) is 1. The molecule has 84 valence electrons. The Morgan fingerprint density at radius 2 is 2.53 bits per heavy atom. The number of hydrogen-bond acceptors (Lipinski definition) is 3. The Labute approximate surface area is 96.3 Å². The van der Waals surface area contributed by atoms with Crippen molar-refractivity contribution in [3.63, 3.8) is 0 Å². The zero-order chi connectivity index (χ0) is 10.5. The van der Waals surface area contributed by atoms with Crippen LogP contribution in [0.2, 0.25) is 0 Å². The molecule has 1 atom stereocenters. The van der Waals surface area contributed by atoms with Crippen LogP contribution < -0.4 is 5.32 Å². The van der Waals surface area contributed by atoms with Gasteiger partial charge in [0.25, 0.3) is 0 Å². The van der Waals surface area contributed by atoms with Crippen molar-refractivity contribution in [3.8, 4) is 0 Å². The van der Waals surface area contributed by atoms with Crippen LogP contribution in [0.4, 0.5) is 0 Å². The lowest BCUT2D eigenvalue weighted by atomic mass is 10.2. The first-order valence-electron chi connectivity index (χ1n) is 5.83. The molecule has 0 radical (unpaired) electrons. The van der Waals surface area contributed by atoms with Gasteiger partial charge in [0.05, 0.1) is 0 Å². The van der Waals surface area contributed by atoms with E-state index in [4.69, 9.17) is 0 Å². The van der Waals surface area contributed by atoms with Crippen LogP contribution in [-0.4, -0.2) is 37.1 Å². The number of piperazine rings is 1. The van der Waals surface area contributed by atoms with E-state index in [2.05, 4.69) is 34.7 Å². The van der Waals surface area contributed by atoms with E-state index < -0.39 is 0 Å². The molecule has 2 rings (SSSR count). The summed E-state index contributed by atoms with van der Waals surface area (Å²) in [6, 6.07) is 5.10. The standard InChI is InChI=1S/C12H20N2S/c1-11-10-13-6-8-14(11)7-2-4-12-5-3-9-15-12/h3,5,9,11,13H,2,4,6-8,10H2,1H3. The largest absolute Gasteiger partial charge is 0.314 e. The van der Waals surface area contributed by atoms with E-state index in [0.717, 1.165) is 13.1 Å². The van der Waals surface area contributed by atoms with E-state index in [9.17, 15) is 0 Å². The van der Waals surface area contributed by atoms with Gasteiger partial charge in [0.1, 0.15) is 0 Å². The smallest absolute Gasteiger partial charge is 0.0192 e. The van der Waals surface area contributed by atoms with E-state index in [-0.39, 0.29) is 0 Å². The third-order valence-electron chi connectivity index (χ3n) is 3.09. The molecule has 0 bridgehead atoms. The molecule has 0 aliphatic carbocycles. The molecule has 1 aromatic rings. The fourth-order valence-corrected chi connectivity index (χ4v) is 2.88. The van der Waals surface area contributed by atoms with Crippen LogP contribution in [0.1, 0.15) is 18.2 Å². The Hall–Kier alpha value is -0.380. The first-order valence-corrected chi connectivity index (χ1v) is 6.71. The Balaban J connectivity index is 1.68. The second-order valence-electron chi connectivity index (χ2n) is 4.27. The Bertz CT molecular complexity index is 271. The van der Waals surface area contributed by atoms with Gasteiger partial charge >= 0.3 is 0 Å². The van der Waals surface area contributed by atoms with Crippen molar-refractivity contribution in [3.05, 3.63) is 22.4 Å². The molecule has 1 fully saturated rings. The first-order chi connectivity index (χ1) is 7.36. The Morgan fingerprint density at radius 3 is 3.27 bits per heavy atom. The van der Waals surface area contributed by atoms with Gasteiger partial charge < -0.3 is 5.32 Å². The number of thiophene rings is 1. The van der Waals surface area contributed by atoms with Gasteiger partial charge in [0, 0.05) is 30.6 Å². The maximum Gasteiger partial charge on any atom is 0.0192 e. The van der Waals surface area contributed by atoms with Crippen molar-refractivity contribution >= 4 is 11.3 Å². The number of aryl methyl sites for hydroxylation is 1. The highest BCUT2D eigenvalue weighted by Crippen LogP contribution is 2.12. The number of nitrogens with one attached hydrogen (secondary N) is 1. The van der Waals surface area contributed by atoms with Crippen molar-refractivity contribution in [1.29, 1.82) is 0 Å². The molecule has 1 aliphatic rings. The van der Waals surface area contributed by atoms with Gasteiger partial charge in [-0.1, -0.05) is 6.07 Å². The molecule has 0 aromatic carbocycles. The summed E-state index contributed by atoms with van der Waals surface area (Å²) in [7, 11) is 0. The molecule has 2 heterocycles. The fourth-order valence-electron chi connectivity index (χ4n) is 2.13. The quantitative estimate of drug-likeness (QED) is 0.841. The van der Waals surface area contributed by atoms with Gasteiger partial charge in [0.2, 0.25) is 0 Å². The topological polar surface area (TPSA) is 15.3 Å². The summed E-state index contributed by atoms with van der Waals surface area (Å²) >= 11 is 1.88. The Kier molecular flexibility index (Phi) is 4.18. The van der Waals surface area contributed by atoms with Crippen LogP contribution >= 0.6 is 11.3 Å². The lowest BCUT2D eigenvalue weighted by Crippen LogP contribution is -2.49. The third-order valence-corrected chi connectivity index (χ3v) is 4.02. The average Bonchev–Trinajstić information content (AvgIpc) is 2.74. The maximum atomic E-state index is 3.43. The van der Waals surface area contributed by atoms with E-state index >= 15 is 0 Å². The number of rotatable bonds is 4. The molecule has 2 nitrogen and oxygen atoms in total. The zero-order valence-electron chi connectivity index (χ0n) is 9.41. The highest BCUT2D eigenvalue weighted by molar-refractivity contribution is 7.09. The van der Waals surface area contributed by atoms with E-state index in [1.54, 1.807) is 0 Å². The second kappa shape index (κ2) is 5.64. The highest BCUT2D eigenvalue weighted by Gasteiger charge is 2.16. The van der Waals surface area contributed by atoms with Crippen molar-refractivity contribution in [2.24, 2.45) is 0 Å². The molecular weight excluding hydrogens is 204 g/mol. The average molecular weight is 224 g/mol. The van der Waals surface area contributed by atoms with Crippen LogP contribution in [0.25, 0.3) is 0 Å². The zero-order valence-corrected chi connectivity index (χ0v) is 10.2. The summed E-state index contributed by atoms with van der Waals surface area (Å²) in [5, 5.41) is 5.60. The molecule has 0 saturated carbocycles. The summed E-state index contributed by atoms with van der Waals surface area (Å²) in [5.74, 6) is 0. The minimum Gasteiger partial charge on any atom is -0.314 e. The lowest BCUT2D eigenvalue weighted by Gasteiger charge is -2.33. The molecular formula is C12H20N2S. The van der Waals surface area contributed by atoms with Gasteiger partial charge in [-0.05, 0) is 37.8 Å². The molecule has 0 spiro atoms. The van der Waals surface area contributed by atoms with Gasteiger partial charge in [-0.15, -0.1) is 11.3 Å². The first kappa shape index (κ1) is 11.1. The van der Waals surface area contributed by atoms with E-state index in [1.165, 1.54) is 30.8 Å². The second-order valence-corrected chi connectivity index (χ2v) is 5.30. The molecule has 1 aliphatic heterocycles. The molecule has 1 unspecified atom stereocenters. The predicted molar refractivity (Wildman–Crippen MR) is 66.5 cm³/mol. The van der Waals surface area contributed by atoms with E-state index in [0.29, 0.717) is 6.04 Å². The monoisotopic (exact) mass is 224 g/mol. The minimum atomic E-state index is 0.710. The molecule has 1 N–H and O–H groups in total.